The summed E-state index contributed by atoms with van der Waals surface area (Å²) in [6, 6.07) is 14.7. The molecule has 1 saturated heterocycles. The highest BCUT2D eigenvalue weighted by atomic mass is 32.1. The zero-order chi connectivity index (χ0) is 21.2. The Bertz CT molecular complexity index is 880. The van der Waals surface area contributed by atoms with Crippen LogP contribution in [0.5, 0.6) is 5.75 Å². The molecular weight excluding hydrogens is 402 g/mol. The summed E-state index contributed by atoms with van der Waals surface area (Å²) in [5.41, 5.74) is 5.07. The van der Waals surface area contributed by atoms with Crippen LogP contribution in [0.15, 0.2) is 53.6 Å². The van der Waals surface area contributed by atoms with Gasteiger partial charge in [0, 0.05) is 18.7 Å². The van der Waals surface area contributed by atoms with Crippen molar-refractivity contribution in [3.8, 4) is 5.75 Å². The average molecular weight is 428 g/mol. The Morgan fingerprint density at radius 2 is 2.07 bits per heavy atom. The molecular formula is C22H25N3O4S. The summed E-state index contributed by atoms with van der Waals surface area (Å²) in [5, 5.41) is 7.75. The zero-order valence-electron chi connectivity index (χ0n) is 16.8. The topological polar surface area (TPSA) is 81.2 Å². The number of carbonyl (C=O) groups excluding carboxylic acids is 1. The number of nitrogens with one attached hydrogen (secondary N) is 2. The van der Waals surface area contributed by atoms with Crippen molar-refractivity contribution in [3.63, 3.8) is 0 Å². The number of ether oxygens (including phenoxy) is 3. The van der Waals surface area contributed by atoms with Gasteiger partial charge in [0.1, 0.15) is 12.4 Å². The molecule has 0 bridgehead atoms. The zero-order valence-corrected chi connectivity index (χ0v) is 17.6. The smallest absolute Gasteiger partial charge is 0.337 e. The number of thiocarbonyl (C=S) groups is 1. The van der Waals surface area contributed by atoms with Crippen LogP contribution < -0.4 is 15.5 Å². The first kappa shape index (κ1) is 21.7. The maximum absolute atomic E-state index is 11.5. The molecule has 1 fully saturated rings. The fourth-order valence-electron chi connectivity index (χ4n) is 2.95. The Balaban J connectivity index is 1.50. The number of rotatable bonds is 8. The minimum absolute atomic E-state index is 0.213. The third kappa shape index (κ3) is 6.53. The maximum atomic E-state index is 11.5. The molecule has 7 nitrogen and oxygen atoms in total. The second-order valence-electron chi connectivity index (χ2n) is 6.73. The summed E-state index contributed by atoms with van der Waals surface area (Å²) in [7, 11) is 1.36. The van der Waals surface area contributed by atoms with E-state index in [1.807, 2.05) is 36.4 Å². The van der Waals surface area contributed by atoms with Gasteiger partial charge in [-0.05, 0) is 54.9 Å². The van der Waals surface area contributed by atoms with Gasteiger partial charge in [0.2, 0.25) is 0 Å². The molecule has 0 aromatic heterocycles. The lowest BCUT2D eigenvalue weighted by Gasteiger charge is -2.12. The summed E-state index contributed by atoms with van der Waals surface area (Å²) in [6.45, 7) is 1.85. The first-order valence-electron chi connectivity index (χ1n) is 9.73. The molecule has 1 aliphatic rings. The van der Waals surface area contributed by atoms with Crippen LogP contribution in [-0.2, 0) is 16.1 Å². The van der Waals surface area contributed by atoms with Crippen molar-refractivity contribution < 1.29 is 19.0 Å². The number of hydrogen-bond donors (Lipinski definition) is 2. The molecule has 2 N–H and O–H groups in total. The van der Waals surface area contributed by atoms with Gasteiger partial charge in [-0.1, -0.05) is 24.3 Å². The number of esters is 1. The van der Waals surface area contributed by atoms with Gasteiger partial charge in [0.05, 0.1) is 25.0 Å². The minimum Gasteiger partial charge on any atom is -0.488 e. The SMILES string of the molecule is COC(=O)c1ccc(COc2ccccc2/C=N\NC(=S)NC[C@@H]2CCCO2)cc1. The molecule has 0 amide bonds. The Hall–Kier alpha value is -2.97. The van der Waals surface area contributed by atoms with Crippen LogP contribution in [0.3, 0.4) is 0 Å². The lowest BCUT2D eigenvalue weighted by molar-refractivity contribution is 0.0600. The molecule has 8 heteroatoms. The molecule has 0 saturated carbocycles. The van der Waals surface area contributed by atoms with Crippen molar-refractivity contribution in [1.29, 1.82) is 0 Å². The standard InChI is InChI=1S/C22H25N3O4S/c1-27-21(26)17-10-8-16(9-11-17)15-29-20-7-3-2-5-18(20)13-24-25-22(30)23-14-19-6-4-12-28-19/h2-3,5,7-11,13,19H,4,6,12,14-15H2,1H3,(H2,23,25,30)/b24-13-/t19-/m0/s1. The second kappa shape index (κ2) is 11.3. The van der Waals surface area contributed by atoms with Crippen molar-refractivity contribution in [2.24, 2.45) is 5.10 Å². The molecule has 3 rings (SSSR count). The summed E-state index contributed by atoms with van der Waals surface area (Å²) in [5.74, 6) is 0.332. The van der Waals surface area contributed by atoms with Crippen LogP contribution in [0.2, 0.25) is 0 Å². The van der Waals surface area contributed by atoms with Crippen LogP contribution >= 0.6 is 12.2 Å². The summed E-state index contributed by atoms with van der Waals surface area (Å²) in [4.78, 5) is 11.5. The number of methoxy groups -OCH3 is 1. The van der Waals surface area contributed by atoms with E-state index < -0.39 is 0 Å². The van der Waals surface area contributed by atoms with Gasteiger partial charge in [0.15, 0.2) is 5.11 Å². The van der Waals surface area contributed by atoms with Crippen molar-refractivity contribution in [2.75, 3.05) is 20.3 Å². The number of hydrogen-bond acceptors (Lipinski definition) is 6. The van der Waals surface area contributed by atoms with Gasteiger partial charge in [-0.2, -0.15) is 5.10 Å². The summed E-state index contributed by atoms with van der Waals surface area (Å²) >= 11 is 5.23. The normalized spacial score (nSPS) is 15.7. The van der Waals surface area contributed by atoms with Gasteiger partial charge >= 0.3 is 5.97 Å². The number of nitrogens with zero attached hydrogens (tertiary/aromatic N) is 1. The lowest BCUT2D eigenvalue weighted by atomic mass is 10.1. The van der Waals surface area contributed by atoms with Gasteiger partial charge in [0.25, 0.3) is 0 Å². The van der Waals surface area contributed by atoms with Crippen LogP contribution in [0, 0.1) is 0 Å². The van der Waals surface area contributed by atoms with E-state index in [1.54, 1.807) is 18.3 Å². The first-order chi connectivity index (χ1) is 14.7. The number of benzene rings is 2. The highest BCUT2D eigenvalue weighted by Crippen LogP contribution is 2.18. The molecule has 2 aromatic rings. The van der Waals surface area contributed by atoms with Crippen molar-refractivity contribution in [1.82, 2.24) is 10.7 Å². The minimum atomic E-state index is -0.361. The number of hydrazone groups is 1. The molecule has 30 heavy (non-hydrogen) atoms. The highest BCUT2D eigenvalue weighted by molar-refractivity contribution is 7.80. The van der Waals surface area contributed by atoms with Crippen molar-refractivity contribution in [2.45, 2.75) is 25.6 Å². The molecule has 1 heterocycles. The number of para-hydroxylation sites is 1. The largest absolute Gasteiger partial charge is 0.488 e. The third-order valence-electron chi connectivity index (χ3n) is 4.57. The highest BCUT2D eigenvalue weighted by Gasteiger charge is 2.15. The van der Waals surface area contributed by atoms with E-state index in [9.17, 15) is 4.79 Å². The predicted molar refractivity (Wildman–Crippen MR) is 119 cm³/mol. The van der Waals surface area contributed by atoms with Crippen LogP contribution in [0.4, 0.5) is 0 Å². The van der Waals surface area contributed by atoms with E-state index in [1.165, 1.54) is 7.11 Å². The van der Waals surface area contributed by atoms with E-state index in [0.29, 0.717) is 29.6 Å². The van der Waals surface area contributed by atoms with E-state index in [-0.39, 0.29) is 12.1 Å². The number of carbonyl (C=O) groups is 1. The molecule has 0 radical (unpaired) electrons. The third-order valence-corrected chi connectivity index (χ3v) is 4.81. The molecule has 0 unspecified atom stereocenters. The van der Waals surface area contributed by atoms with Crippen LogP contribution in [0.25, 0.3) is 0 Å². The summed E-state index contributed by atoms with van der Waals surface area (Å²) in [6.07, 6.45) is 4.02. The van der Waals surface area contributed by atoms with Gasteiger partial charge in [-0.15, -0.1) is 0 Å². The molecule has 0 spiro atoms. The Morgan fingerprint density at radius 1 is 1.27 bits per heavy atom. The van der Waals surface area contributed by atoms with Crippen molar-refractivity contribution in [3.05, 3.63) is 65.2 Å². The Morgan fingerprint density at radius 3 is 2.80 bits per heavy atom. The molecule has 1 atom stereocenters. The van der Waals surface area contributed by atoms with E-state index in [0.717, 1.165) is 30.6 Å². The van der Waals surface area contributed by atoms with Crippen LogP contribution in [0.1, 0.15) is 34.3 Å². The predicted octanol–water partition coefficient (Wildman–Crippen LogP) is 3.03. The molecule has 0 aliphatic carbocycles. The van der Waals surface area contributed by atoms with E-state index >= 15 is 0 Å². The Kier molecular flexibility index (Phi) is 8.17. The maximum Gasteiger partial charge on any atom is 0.337 e. The summed E-state index contributed by atoms with van der Waals surface area (Å²) < 4.78 is 16.2. The fraction of sp³-hybridized carbons (Fsp3) is 0.318. The quantitative estimate of drug-likeness (QED) is 0.290. The second-order valence-corrected chi connectivity index (χ2v) is 7.14. The van der Waals surface area contributed by atoms with Gasteiger partial charge < -0.3 is 19.5 Å². The lowest BCUT2D eigenvalue weighted by Crippen LogP contribution is -2.37. The van der Waals surface area contributed by atoms with Gasteiger partial charge in [-0.3, -0.25) is 5.43 Å². The molecule has 158 valence electrons. The van der Waals surface area contributed by atoms with E-state index in [4.69, 9.17) is 26.4 Å². The average Bonchev–Trinajstić information content (AvgIpc) is 3.30. The first-order valence-corrected chi connectivity index (χ1v) is 10.1. The van der Waals surface area contributed by atoms with Crippen molar-refractivity contribution >= 4 is 29.5 Å². The molecule has 1 aliphatic heterocycles. The van der Waals surface area contributed by atoms with Crippen LogP contribution in [-0.4, -0.2) is 43.7 Å². The fourth-order valence-corrected chi connectivity index (χ4v) is 3.08. The Labute approximate surface area is 181 Å². The van der Waals surface area contributed by atoms with Gasteiger partial charge in [-0.25, -0.2) is 4.79 Å². The van der Waals surface area contributed by atoms with E-state index in [2.05, 4.69) is 15.8 Å². The monoisotopic (exact) mass is 427 g/mol. The molecule has 2 aromatic carbocycles.